The van der Waals surface area contributed by atoms with E-state index in [4.69, 9.17) is 4.74 Å². The van der Waals surface area contributed by atoms with Crippen molar-refractivity contribution in [2.45, 2.75) is 40.0 Å². The van der Waals surface area contributed by atoms with Crippen LogP contribution in [0.1, 0.15) is 49.5 Å². The lowest BCUT2D eigenvalue weighted by molar-refractivity contribution is 0.0463. The summed E-state index contributed by atoms with van der Waals surface area (Å²) in [6, 6.07) is 5.81. The fraction of sp³-hybridized carbons (Fsp3) is 0.562. The molecule has 0 aliphatic carbocycles. The molecule has 1 N–H and O–H groups in total. The zero-order valence-electron chi connectivity index (χ0n) is 12.1. The Morgan fingerprint density at radius 1 is 1.37 bits per heavy atom. The second kappa shape index (κ2) is 5.64. The molecule has 0 saturated heterocycles. The maximum atomic E-state index is 12.2. The number of esters is 1. The fourth-order valence-electron chi connectivity index (χ4n) is 2.23. The molecular formula is C16H23NO2. The van der Waals surface area contributed by atoms with Crippen molar-refractivity contribution in [1.82, 2.24) is 0 Å². The number of benzene rings is 1. The minimum absolute atomic E-state index is 0.190. The second-order valence-electron chi connectivity index (χ2n) is 6.31. The predicted molar refractivity (Wildman–Crippen MR) is 77.6 cm³/mol. The topological polar surface area (TPSA) is 38.3 Å². The first-order valence-electron chi connectivity index (χ1n) is 7.00. The zero-order valence-corrected chi connectivity index (χ0v) is 12.1. The smallest absolute Gasteiger partial charge is 0.338 e. The van der Waals surface area contributed by atoms with Gasteiger partial charge >= 0.3 is 5.97 Å². The number of ether oxygens (including phenoxy) is 1. The molecule has 1 aromatic carbocycles. The summed E-state index contributed by atoms with van der Waals surface area (Å²) in [5.41, 5.74) is 3.10. The van der Waals surface area contributed by atoms with Crippen LogP contribution in [0.4, 0.5) is 5.69 Å². The summed E-state index contributed by atoms with van der Waals surface area (Å²) in [4.78, 5) is 12.2. The summed E-state index contributed by atoms with van der Waals surface area (Å²) in [5, 5.41) is 3.33. The summed E-state index contributed by atoms with van der Waals surface area (Å²) in [6.07, 6.45) is 2.90. The van der Waals surface area contributed by atoms with Gasteiger partial charge in [-0.3, -0.25) is 0 Å². The van der Waals surface area contributed by atoms with Crippen LogP contribution in [-0.4, -0.2) is 19.1 Å². The van der Waals surface area contributed by atoms with Crippen LogP contribution < -0.4 is 5.32 Å². The van der Waals surface area contributed by atoms with E-state index in [1.807, 2.05) is 18.2 Å². The minimum Gasteiger partial charge on any atom is -0.462 e. The highest BCUT2D eigenvalue weighted by molar-refractivity contribution is 5.93. The lowest BCUT2D eigenvalue weighted by Gasteiger charge is -2.21. The lowest BCUT2D eigenvalue weighted by Crippen LogP contribution is -2.18. The molecule has 1 aromatic rings. The Hall–Kier alpha value is -1.51. The first kappa shape index (κ1) is 13.9. The molecule has 2 rings (SSSR count). The van der Waals surface area contributed by atoms with Crippen molar-refractivity contribution in [3.05, 3.63) is 29.3 Å². The van der Waals surface area contributed by atoms with E-state index in [1.165, 1.54) is 0 Å². The Kier molecular flexibility index (Phi) is 4.13. The Bertz CT molecular complexity index is 460. The largest absolute Gasteiger partial charge is 0.462 e. The molecule has 1 aliphatic rings. The predicted octanol–water partition coefficient (Wildman–Crippen LogP) is 3.64. The summed E-state index contributed by atoms with van der Waals surface area (Å²) in [7, 11) is 0. The van der Waals surface area contributed by atoms with E-state index in [-0.39, 0.29) is 11.4 Å². The van der Waals surface area contributed by atoms with Crippen LogP contribution in [0.25, 0.3) is 0 Å². The van der Waals surface area contributed by atoms with Crippen LogP contribution in [0.15, 0.2) is 18.2 Å². The van der Waals surface area contributed by atoms with Crippen LogP contribution in [0.3, 0.4) is 0 Å². The van der Waals surface area contributed by atoms with Gasteiger partial charge in [0, 0.05) is 12.2 Å². The molecule has 0 saturated carbocycles. The van der Waals surface area contributed by atoms with Gasteiger partial charge in [0.25, 0.3) is 0 Å². The fourth-order valence-corrected chi connectivity index (χ4v) is 2.23. The van der Waals surface area contributed by atoms with E-state index in [9.17, 15) is 4.79 Å². The molecule has 0 radical (unpaired) electrons. The average molecular weight is 261 g/mol. The highest BCUT2D eigenvalue weighted by Crippen LogP contribution is 2.26. The van der Waals surface area contributed by atoms with E-state index >= 15 is 0 Å². The number of carbonyl (C=O) groups excluding carboxylic acids is 1. The molecule has 1 heterocycles. The van der Waals surface area contributed by atoms with Crippen molar-refractivity contribution in [3.63, 3.8) is 0 Å². The second-order valence-corrected chi connectivity index (χ2v) is 6.31. The summed E-state index contributed by atoms with van der Waals surface area (Å²) in [5.74, 6) is -0.190. The van der Waals surface area contributed by atoms with E-state index in [2.05, 4.69) is 26.1 Å². The van der Waals surface area contributed by atoms with Crippen molar-refractivity contribution in [1.29, 1.82) is 0 Å². The van der Waals surface area contributed by atoms with Gasteiger partial charge in [-0.05, 0) is 42.4 Å². The Morgan fingerprint density at radius 2 is 2.16 bits per heavy atom. The molecule has 3 heteroatoms. The maximum Gasteiger partial charge on any atom is 0.338 e. The van der Waals surface area contributed by atoms with Crippen molar-refractivity contribution in [3.8, 4) is 0 Å². The molecular weight excluding hydrogens is 238 g/mol. The Labute approximate surface area is 115 Å². The van der Waals surface area contributed by atoms with Gasteiger partial charge in [0.1, 0.15) is 0 Å². The lowest BCUT2D eigenvalue weighted by atomic mass is 9.93. The number of anilines is 1. The normalized spacial score (nSPS) is 14.5. The molecule has 0 atom stereocenters. The minimum atomic E-state index is -0.190. The van der Waals surface area contributed by atoms with Gasteiger partial charge in [0.2, 0.25) is 0 Å². The number of hydrogen-bond donors (Lipinski definition) is 1. The van der Waals surface area contributed by atoms with Crippen LogP contribution in [0, 0.1) is 5.41 Å². The van der Waals surface area contributed by atoms with Crippen molar-refractivity contribution in [2.24, 2.45) is 5.41 Å². The molecule has 0 fully saturated rings. The number of rotatable bonds is 3. The highest BCUT2D eigenvalue weighted by atomic mass is 16.5. The number of carbonyl (C=O) groups is 1. The first-order valence-corrected chi connectivity index (χ1v) is 7.00. The standard InChI is InChI=1S/C16H23NO2/c1-16(2,3)9-11-19-15(18)13-6-4-8-14-12(13)7-5-10-17-14/h4,6,8,17H,5,7,9-11H2,1-3H3. The van der Waals surface area contributed by atoms with Gasteiger partial charge in [-0.15, -0.1) is 0 Å². The zero-order chi connectivity index (χ0) is 13.9. The summed E-state index contributed by atoms with van der Waals surface area (Å²) in [6.45, 7) is 7.91. The SMILES string of the molecule is CC(C)(C)CCOC(=O)c1cccc2c1CCCN2. The number of nitrogens with one attached hydrogen (secondary N) is 1. The quantitative estimate of drug-likeness (QED) is 0.844. The molecule has 0 amide bonds. The van der Waals surface area contributed by atoms with Gasteiger partial charge in [0.05, 0.1) is 12.2 Å². The monoisotopic (exact) mass is 261 g/mol. The molecule has 104 valence electrons. The van der Waals surface area contributed by atoms with Gasteiger partial charge in [-0.25, -0.2) is 4.79 Å². The third-order valence-corrected chi connectivity index (χ3v) is 3.40. The van der Waals surface area contributed by atoms with Crippen molar-refractivity contribution < 1.29 is 9.53 Å². The maximum absolute atomic E-state index is 12.2. The van der Waals surface area contributed by atoms with Gasteiger partial charge < -0.3 is 10.1 Å². The summed E-state index contributed by atoms with van der Waals surface area (Å²) >= 11 is 0. The van der Waals surface area contributed by atoms with Crippen molar-refractivity contribution >= 4 is 11.7 Å². The van der Waals surface area contributed by atoms with E-state index < -0.39 is 0 Å². The molecule has 0 aromatic heterocycles. The number of fused-ring (bicyclic) bond motifs is 1. The Balaban J connectivity index is 2.03. The molecule has 0 bridgehead atoms. The Morgan fingerprint density at radius 3 is 2.89 bits per heavy atom. The van der Waals surface area contributed by atoms with Gasteiger partial charge in [-0.1, -0.05) is 26.8 Å². The molecule has 0 spiro atoms. The summed E-state index contributed by atoms with van der Waals surface area (Å²) < 4.78 is 5.40. The van der Waals surface area contributed by atoms with Crippen LogP contribution in [0.5, 0.6) is 0 Å². The van der Waals surface area contributed by atoms with Gasteiger partial charge in [0.15, 0.2) is 0 Å². The first-order chi connectivity index (χ1) is 8.97. The van der Waals surface area contributed by atoms with Crippen LogP contribution in [-0.2, 0) is 11.2 Å². The van der Waals surface area contributed by atoms with E-state index in [0.29, 0.717) is 6.61 Å². The average Bonchev–Trinajstić information content (AvgIpc) is 2.36. The molecule has 19 heavy (non-hydrogen) atoms. The molecule has 3 nitrogen and oxygen atoms in total. The third-order valence-electron chi connectivity index (χ3n) is 3.40. The molecule has 0 unspecified atom stereocenters. The van der Waals surface area contributed by atoms with E-state index in [0.717, 1.165) is 42.6 Å². The molecule has 1 aliphatic heterocycles. The third kappa shape index (κ3) is 3.72. The van der Waals surface area contributed by atoms with Gasteiger partial charge in [-0.2, -0.15) is 0 Å². The van der Waals surface area contributed by atoms with Crippen LogP contribution >= 0.6 is 0 Å². The van der Waals surface area contributed by atoms with E-state index in [1.54, 1.807) is 0 Å². The number of hydrogen-bond acceptors (Lipinski definition) is 3. The highest BCUT2D eigenvalue weighted by Gasteiger charge is 2.19. The van der Waals surface area contributed by atoms with Crippen LogP contribution in [0.2, 0.25) is 0 Å². The van der Waals surface area contributed by atoms with Crippen molar-refractivity contribution in [2.75, 3.05) is 18.5 Å².